The molecular formula is C14H14O5. The van der Waals surface area contributed by atoms with Crippen molar-refractivity contribution in [2.75, 3.05) is 13.7 Å². The van der Waals surface area contributed by atoms with Crippen LogP contribution in [0.15, 0.2) is 12.1 Å². The molecule has 0 radical (unpaired) electrons. The number of carbonyl (C=O) groups is 2. The Labute approximate surface area is 111 Å². The number of aliphatic hydroxyl groups is 1. The first-order valence-electron chi connectivity index (χ1n) is 5.50. The van der Waals surface area contributed by atoms with Gasteiger partial charge in [-0.05, 0) is 24.6 Å². The zero-order chi connectivity index (χ0) is 14.4. The van der Waals surface area contributed by atoms with Crippen LogP contribution in [-0.2, 0) is 9.53 Å². The minimum Gasteiger partial charge on any atom is -0.465 e. The molecule has 1 N–H and O–H groups in total. The number of rotatable bonds is 2. The number of carbonyl (C=O) groups excluding carboxylic acids is 2. The smallest absolute Gasteiger partial charge is 0.341 e. The van der Waals surface area contributed by atoms with E-state index in [4.69, 9.17) is 9.84 Å². The molecule has 0 saturated heterocycles. The molecule has 0 aliphatic carbocycles. The van der Waals surface area contributed by atoms with Crippen LogP contribution in [0.3, 0.4) is 0 Å². The topological polar surface area (TPSA) is 72.8 Å². The van der Waals surface area contributed by atoms with E-state index in [0.717, 1.165) is 0 Å². The summed E-state index contributed by atoms with van der Waals surface area (Å²) in [5.41, 5.74) is 1.24. The van der Waals surface area contributed by atoms with Crippen molar-refractivity contribution >= 4 is 11.9 Å². The van der Waals surface area contributed by atoms with E-state index < -0.39 is 11.9 Å². The fraction of sp³-hybridized carbons (Fsp3) is 0.286. The summed E-state index contributed by atoms with van der Waals surface area (Å²) in [7, 11) is 1.24. The molecule has 0 aromatic heterocycles. The summed E-state index contributed by atoms with van der Waals surface area (Å²) in [5, 5.41) is 8.66. The minimum absolute atomic E-state index is 0.125. The Morgan fingerprint density at radius 1 is 1.37 bits per heavy atom. The number of benzene rings is 1. The average molecular weight is 262 g/mol. The molecule has 0 bridgehead atoms. The van der Waals surface area contributed by atoms with Crippen molar-refractivity contribution in [3.8, 4) is 17.6 Å². The van der Waals surface area contributed by atoms with E-state index in [-0.39, 0.29) is 17.9 Å². The molecule has 0 atom stereocenters. The molecule has 5 heteroatoms. The van der Waals surface area contributed by atoms with Gasteiger partial charge < -0.3 is 14.6 Å². The highest BCUT2D eigenvalue weighted by atomic mass is 16.5. The van der Waals surface area contributed by atoms with E-state index in [0.29, 0.717) is 11.1 Å². The Hall–Kier alpha value is -2.32. The summed E-state index contributed by atoms with van der Waals surface area (Å²) in [6.45, 7) is 2.66. The van der Waals surface area contributed by atoms with Gasteiger partial charge in [0.2, 0.25) is 0 Å². The molecule has 100 valence electrons. The highest BCUT2D eigenvalue weighted by Crippen LogP contribution is 2.26. The number of esters is 2. The predicted molar refractivity (Wildman–Crippen MR) is 67.8 cm³/mol. The van der Waals surface area contributed by atoms with Gasteiger partial charge in [0.25, 0.3) is 0 Å². The second kappa shape index (κ2) is 6.57. The zero-order valence-corrected chi connectivity index (χ0v) is 10.9. The van der Waals surface area contributed by atoms with Crippen LogP contribution < -0.4 is 4.74 Å². The maximum absolute atomic E-state index is 11.7. The fourth-order valence-corrected chi connectivity index (χ4v) is 1.53. The molecule has 5 nitrogen and oxygen atoms in total. The Morgan fingerprint density at radius 3 is 2.58 bits per heavy atom. The number of hydrogen-bond donors (Lipinski definition) is 1. The number of aryl methyl sites for hydroxylation is 1. The summed E-state index contributed by atoms with van der Waals surface area (Å²) in [6.07, 6.45) is 0. The highest BCUT2D eigenvalue weighted by Gasteiger charge is 2.18. The van der Waals surface area contributed by atoms with Gasteiger partial charge in [-0.15, -0.1) is 0 Å². The van der Waals surface area contributed by atoms with Gasteiger partial charge in [0.1, 0.15) is 17.9 Å². The Kier molecular flexibility index (Phi) is 5.10. The maximum Gasteiger partial charge on any atom is 0.341 e. The molecule has 0 unspecified atom stereocenters. The Morgan fingerprint density at radius 2 is 2.05 bits per heavy atom. The van der Waals surface area contributed by atoms with Crippen molar-refractivity contribution in [3.05, 3.63) is 28.8 Å². The van der Waals surface area contributed by atoms with Crippen molar-refractivity contribution in [2.45, 2.75) is 13.8 Å². The summed E-state index contributed by atoms with van der Waals surface area (Å²) in [4.78, 5) is 22.7. The largest absolute Gasteiger partial charge is 0.465 e. The van der Waals surface area contributed by atoms with E-state index in [2.05, 4.69) is 16.6 Å². The van der Waals surface area contributed by atoms with Crippen LogP contribution in [0, 0.1) is 18.8 Å². The third-order valence-corrected chi connectivity index (χ3v) is 2.24. The lowest BCUT2D eigenvalue weighted by atomic mass is 10.0. The van der Waals surface area contributed by atoms with E-state index in [1.165, 1.54) is 20.1 Å². The van der Waals surface area contributed by atoms with Gasteiger partial charge in [0, 0.05) is 12.5 Å². The highest BCUT2D eigenvalue weighted by molar-refractivity contribution is 5.94. The average Bonchev–Trinajstić information content (AvgIpc) is 2.37. The summed E-state index contributed by atoms with van der Waals surface area (Å²) >= 11 is 0. The van der Waals surface area contributed by atoms with Gasteiger partial charge in [-0.2, -0.15) is 0 Å². The lowest BCUT2D eigenvalue weighted by molar-refractivity contribution is -0.131. The van der Waals surface area contributed by atoms with Crippen molar-refractivity contribution in [3.63, 3.8) is 0 Å². The quantitative estimate of drug-likeness (QED) is 0.490. The van der Waals surface area contributed by atoms with Gasteiger partial charge >= 0.3 is 11.9 Å². The zero-order valence-electron chi connectivity index (χ0n) is 10.9. The van der Waals surface area contributed by atoms with E-state index in [1.807, 2.05) is 0 Å². The van der Waals surface area contributed by atoms with E-state index in [1.54, 1.807) is 13.0 Å². The normalized spacial score (nSPS) is 9.26. The monoisotopic (exact) mass is 262 g/mol. The maximum atomic E-state index is 11.7. The number of methoxy groups -OCH3 is 1. The van der Waals surface area contributed by atoms with Crippen molar-refractivity contribution in [1.29, 1.82) is 0 Å². The lowest BCUT2D eigenvalue weighted by Crippen LogP contribution is -2.10. The van der Waals surface area contributed by atoms with E-state index >= 15 is 0 Å². The van der Waals surface area contributed by atoms with Crippen molar-refractivity contribution in [1.82, 2.24) is 0 Å². The molecule has 1 aromatic carbocycles. The molecule has 0 amide bonds. The summed E-state index contributed by atoms with van der Waals surface area (Å²) in [5.74, 6) is 4.19. The van der Waals surface area contributed by atoms with Crippen LogP contribution in [0.4, 0.5) is 0 Å². The van der Waals surface area contributed by atoms with Crippen LogP contribution in [0.1, 0.15) is 28.4 Å². The molecule has 0 aliphatic rings. The summed E-state index contributed by atoms with van der Waals surface area (Å²) < 4.78 is 9.67. The second-order valence-electron chi connectivity index (χ2n) is 3.71. The molecule has 0 spiro atoms. The van der Waals surface area contributed by atoms with Crippen molar-refractivity contribution < 1.29 is 24.2 Å². The SMILES string of the molecule is COC(=O)c1cc(C#CCO)cc(C)c1OC(C)=O. The van der Waals surface area contributed by atoms with Crippen LogP contribution in [0.2, 0.25) is 0 Å². The van der Waals surface area contributed by atoms with Crippen LogP contribution in [0.25, 0.3) is 0 Å². The van der Waals surface area contributed by atoms with Gasteiger partial charge in [-0.25, -0.2) is 4.79 Å². The first kappa shape index (κ1) is 14.7. The number of hydrogen-bond acceptors (Lipinski definition) is 5. The minimum atomic E-state index is -0.619. The number of aliphatic hydroxyl groups excluding tert-OH is 1. The molecule has 1 rings (SSSR count). The van der Waals surface area contributed by atoms with Gasteiger partial charge in [-0.1, -0.05) is 11.8 Å². The van der Waals surface area contributed by atoms with Crippen LogP contribution in [0.5, 0.6) is 5.75 Å². The van der Waals surface area contributed by atoms with Crippen molar-refractivity contribution in [2.24, 2.45) is 0 Å². The standard InChI is InChI=1S/C14H14O5/c1-9-7-11(5-4-6-15)8-12(14(17)18-3)13(9)19-10(2)16/h7-8,15H,6H2,1-3H3. The molecule has 1 aromatic rings. The van der Waals surface area contributed by atoms with Gasteiger partial charge in [-0.3, -0.25) is 4.79 Å². The first-order chi connectivity index (χ1) is 8.99. The Balaban J connectivity index is 3.37. The fourth-order valence-electron chi connectivity index (χ4n) is 1.53. The molecule has 19 heavy (non-hydrogen) atoms. The van der Waals surface area contributed by atoms with Crippen LogP contribution >= 0.6 is 0 Å². The third kappa shape index (κ3) is 3.83. The predicted octanol–water partition coefficient (Wildman–Crippen LogP) is 1.05. The molecule has 0 fully saturated rings. The van der Waals surface area contributed by atoms with Gasteiger partial charge in [0.05, 0.1) is 7.11 Å². The molecule has 0 aliphatic heterocycles. The molecular weight excluding hydrogens is 248 g/mol. The number of ether oxygens (including phenoxy) is 2. The Bertz CT molecular complexity index is 563. The first-order valence-corrected chi connectivity index (χ1v) is 5.50. The van der Waals surface area contributed by atoms with Crippen LogP contribution in [-0.4, -0.2) is 30.8 Å². The third-order valence-electron chi connectivity index (χ3n) is 2.24. The summed E-state index contributed by atoms with van der Waals surface area (Å²) in [6, 6.07) is 3.12. The van der Waals surface area contributed by atoms with Gasteiger partial charge in [0.15, 0.2) is 0 Å². The van der Waals surface area contributed by atoms with E-state index in [9.17, 15) is 9.59 Å². The lowest BCUT2D eigenvalue weighted by Gasteiger charge is -2.11. The molecule has 0 heterocycles. The molecule has 0 saturated carbocycles. The second-order valence-corrected chi connectivity index (χ2v) is 3.71.